The van der Waals surface area contributed by atoms with Gasteiger partial charge in [-0.2, -0.15) is 0 Å². The Morgan fingerprint density at radius 3 is 2.39 bits per heavy atom. The van der Waals surface area contributed by atoms with Gasteiger partial charge in [0.25, 0.3) is 0 Å². The Kier molecular flexibility index (Phi) is 12.2. The number of esters is 1. The molecule has 31 heavy (non-hydrogen) atoms. The molecular formula is C22H36Cl2N4O3. The highest BCUT2D eigenvalue weighted by molar-refractivity contribution is 5.85. The van der Waals surface area contributed by atoms with Crippen LogP contribution in [0.1, 0.15) is 39.0 Å². The summed E-state index contributed by atoms with van der Waals surface area (Å²) in [4.78, 5) is 35.5. The third-order valence-electron chi connectivity index (χ3n) is 6.29. The van der Waals surface area contributed by atoms with E-state index in [4.69, 9.17) is 4.74 Å². The molecule has 2 fully saturated rings. The summed E-state index contributed by atoms with van der Waals surface area (Å²) >= 11 is 0. The first-order valence-electron chi connectivity index (χ1n) is 10.9. The number of amides is 1. The molecule has 2 unspecified atom stereocenters. The van der Waals surface area contributed by atoms with E-state index < -0.39 is 0 Å². The predicted molar refractivity (Wildman–Crippen MR) is 127 cm³/mol. The number of anilines is 1. The van der Waals surface area contributed by atoms with Gasteiger partial charge in [0.15, 0.2) is 0 Å². The number of rotatable bonds is 7. The lowest BCUT2D eigenvalue weighted by Gasteiger charge is -2.47. The number of nitrogens with zero attached hydrogens (tertiary/aromatic N) is 4. The average Bonchev–Trinajstić information content (AvgIpc) is 2.78. The number of unbranched alkanes of at least 4 members (excludes halogenated alkanes) is 1. The van der Waals surface area contributed by atoms with Crippen LogP contribution in [0.3, 0.4) is 0 Å². The zero-order valence-corrected chi connectivity index (χ0v) is 20.2. The van der Waals surface area contributed by atoms with Crippen molar-refractivity contribution in [1.29, 1.82) is 0 Å². The van der Waals surface area contributed by atoms with E-state index in [0.29, 0.717) is 12.8 Å². The zero-order chi connectivity index (χ0) is 20.6. The van der Waals surface area contributed by atoms with E-state index in [-0.39, 0.29) is 48.7 Å². The lowest BCUT2D eigenvalue weighted by Crippen LogP contribution is -2.59. The van der Waals surface area contributed by atoms with Crippen molar-refractivity contribution >= 4 is 42.4 Å². The Hall–Kier alpha value is -1.57. The van der Waals surface area contributed by atoms with Gasteiger partial charge in [0.05, 0.1) is 7.11 Å². The number of aromatic nitrogens is 1. The molecule has 0 N–H and O–H groups in total. The minimum atomic E-state index is -0.152. The number of piperazine rings is 1. The van der Waals surface area contributed by atoms with Crippen molar-refractivity contribution < 1.29 is 14.3 Å². The van der Waals surface area contributed by atoms with Gasteiger partial charge in [-0.1, -0.05) is 13.3 Å². The summed E-state index contributed by atoms with van der Waals surface area (Å²) in [6, 6.07) is 4.31. The summed E-state index contributed by atoms with van der Waals surface area (Å²) in [6.45, 7) is 7.33. The molecule has 7 nitrogen and oxygen atoms in total. The van der Waals surface area contributed by atoms with Crippen LogP contribution in [0.4, 0.5) is 5.69 Å². The molecule has 1 amide bonds. The van der Waals surface area contributed by atoms with Gasteiger partial charge < -0.3 is 14.5 Å². The molecule has 3 rings (SSSR count). The van der Waals surface area contributed by atoms with Gasteiger partial charge in [-0.25, -0.2) is 0 Å². The van der Waals surface area contributed by atoms with Gasteiger partial charge in [0.2, 0.25) is 5.91 Å². The average molecular weight is 475 g/mol. The number of likely N-dealkylation sites (tertiary alicyclic amines) is 1. The number of carbonyl (C=O) groups is 2. The number of pyridine rings is 1. The molecule has 2 saturated heterocycles. The maximum absolute atomic E-state index is 12.6. The first-order valence-corrected chi connectivity index (χ1v) is 10.9. The van der Waals surface area contributed by atoms with Gasteiger partial charge in [0.1, 0.15) is 0 Å². The maximum atomic E-state index is 12.6. The van der Waals surface area contributed by atoms with E-state index in [9.17, 15) is 9.59 Å². The second-order valence-electron chi connectivity index (χ2n) is 8.07. The fraction of sp³-hybridized carbons (Fsp3) is 0.682. The second-order valence-corrected chi connectivity index (χ2v) is 8.07. The van der Waals surface area contributed by atoms with Crippen molar-refractivity contribution in [3.05, 3.63) is 24.5 Å². The predicted octanol–water partition coefficient (Wildman–Crippen LogP) is 3.02. The number of halogens is 2. The van der Waals surface area contributed by atoms with Crippen molar-refractivity contribution in [3.63, 3.8) is 0 Å². The summed E-state index contributed by atoms with van der Waals surface area (Å²) in [5.74, 6) is 0.343. The third kappa shape index (κ3) is 7.51. The number of hydrogen-bond acceptors (Lipinski definition) is 6. The van der Waals surface area contributed by atoms with Gasteiger partial charge >= 0.3 is 5.97 Å². The number of hydrogen-bond donors (Lipinski definition) is 0. The molecule has 2 aliphatic rings. The fourth-order valence-electron chi connectivity index (χ4n) is 4.51. The number of carbonyl (C=O) groups excluding carboxylic acids is 2. The zero-order valence-electron chi connectivity index (χ0n) is 18.6. The van der Waals surface area contributed by atoms with Crippen LogP contribution in [0.15, 0.2) is 24.5 Å². The minimum absolute atomic E-state index is 0. The van der Waals surface area contributed by atoms with Crippen LogP contribution in [0.5, 0.6) is 0 Å². The standard InChI is InChI=1S/C22H34N4O3.2ClH/c1-3-4-5-21(27)26-11-8-18(16-22(28)29-2)20(17-26)25-14-12-24(13-15-25)19-6-9-23-10-7-19;;/h6-7,9-10,18,20H,3-5,8,11-17H2,1-2H3;2*1H. The highest BCUT2D eigenvalue weighted by Crippen LogP contribution is 2.28. The van der Waals surface area contributed by atoms with Crippen LogP contribution in [0.2, 0.25) is 0 Å². The van der Waals surface area contributed by atoms with Gasteiger partial charge in [0, 0.05) is 76.2 Å². The lowest BCUT2D eigenvalue weighted by molar-refractivity contribution is -0.143. The summed E-state index contributed by atoms with van der Waals surface area (Å²) in [7, 11) is 1.45. The van der Waals surface area contributed by atoms with E-state index >= 15 is 0 Å². The van der Waals surface area contributed by atoms with Crippen molar-refractivity contribution in [2.45, 2.75) is 45.1 Å². The molecule has 2 aliphatic heterocycles. The van der Waals surface area contributed by atoms with Crippen molar-refractivity contribution in [2.75, 3.05) is 51.3 Å². The molecule has 176 valence electrons. The fourth-order valence-corrected chi connectivity index (χ4v) is 4.51. The highest BCUT2D eigenvalue weighted by atomic mass is 35.5. The van der Waals surface area contributed by atoms with Gasteiger partial charge in [-0.15, -0.1) is 24.8 Å². The Bertz CT molecular complexity index is 672. The summed E-state index contributed by atoms with van der Waals surface area (Å²) in [5.41, 5.74) is 1.20. The largest absolute Gasteiger partial charge is 0.469 e. The van der Waals surface area contributed by atoms with Crippen LogP contribution < -0.4 is 4.90 Å². The molecule has 0 bridgehead atoms. The highest BCUT2D eigenvalue weighted by Gasteiger charge is 2.37. The van der Waals surface area contributed by atoms with Gasteiger partial charge in [-0.05, 0) is 30.9 Å². The first-order chi connectivity index (χ1) is 14.1. The van der Waals surface area contributed by atoms with Crippen LogP contribution in [-0.2, 0) is 14.3 Å². The molecule has 2 atom stereocenters. The maximum Gasteiger partial charge on any atom is 0.305 e. The Morgan fingerprint density at radius 2 is 1.77 bits per heavy atom. The second kappa shape index (κ2) is 13.8. The Balaban J connectivity index is 0.00000240. The van der Waals surface area contributed by atoms with Crippen molar-refractivity contribution in [3.8, 4) is 0 Å². The van der Waals surface area contributed by atoms with E-state index in [1.54, 1.807) is 0 Å². The van der Waals surface area contributed by atoms with Crippen LogP contribution >= 0.6 is 24.8 Å². The number of methoxy groups -OCH3 is 1. The van der Waals surface area contributed by atoms with E-state index in [1.807, 2.05) is 29.4 Å². The molecule has 9 heteroatoms. The summed E-state index contributed by atoms with van der Waals surface area (Å²) < 4.78 is 4.94. The number of ether oxygens (including phenoxy) is 1. The van der Waals surface area contributed by atoms with Crippen LogP contribution in [0.25, 0.3) is 0 Å². The lowest BCUT2D eigenvalue weighted by atomic mass is 9.87. The van der Waals surface area contributed by atoms with E-state index in [2.05, 4.69) is 21.7 Å². The SMILES string of the molecule is CCCCC(=O)N1CCC(CC(=O)OC)C(N2CCN(c3ccncc3)CC2)C1.Cl.Cl. The first kappa shape index (κ1) is 27.5. The molecule has 0 spiro atoms. The summed E-state index contributed by atoms with van der Waals surface area (Å²) in [6.07, 6.45) is 7.55. The molecule has 0 aromatic carbocycles. The smallest absolute Gasteiger partial charge is 0.305 e. The molecule has 0 radical (unpaired) electrons. The molecule has 3 heterocycles. The van der Waals surface area contributed by atoms with E-state index in [1.165, 1.54) is 12.8 Å². The van der Waals surface area contributed by atoms with E-state index in [0.717, 1.165) is 58.5 Å². The minimum Gasteiger partial charge on any atom is -0.469 e. The van der Waals surface area contributed by atoms with Crippen LogP contribution in [0, 0.1) is 5.92 Å². The quantitative estimate of drug-likeness (QED) is 0.565. The normalized spacial score (nSPS) is 21.6. The third-order valence-corrected chi connectivity index (χ3v) is 6.29. The van der Waals surface area contributed by atoms with Crippen LogP contribution in [-0.4, -0.2) is 79.1 Å². The number of piperidine rings is 1. The summed E-state index contributed by atoms with van der Waals surface area (Å²) in [5, 5.41) is 0. The Labute approximate surface area is 198 Å². The monoisotopic (exact) mass is 474 g/mol. The topological polar surface area (TPSA) is 66.0 Å². The molecule has 1 aromatic rings. The molecule has 0 saturated carbocycles. The molecule has 0 aliphatic carbocycles. The van der Waals surface area contributed by atoms with Crippen molar-refractivity contribution in [2.24, 2.45) is 5.92 Å². The molecule has 1 aromatic heterocycles. The van der Waals surface area contributed by atoms with Gasteiger partial charge in [-0.3, -0.25) is 19.5 Å². The van der Waals surface area contributed by atoms with Crippen molar-refractivity contribution in [1.82, 2.24) is 14.8 Å². The Morgan fingerprint density at radius 1 is 1.10 bits per heavy atom. The molecular weight excluding hydrogens is 439 g/mol.